The zero-order chi connectivity index (χ0) is 32.3. The molecule has 0 bridgehead atoms. The van der Waals surface area contributed by atoms with Gasteiger partial charge in [0.25, 0.3) is 0 Å². The largest absolute Gasteiger partial charge is 0.464 e. The Morgan fingerprint density at radius 2 is 1.55 bits per heavy atom. The number of nitrogens with two attached hydrogens (primary N) is 1. The van der Waals surface area contributed by atoms with E-state index in [4.69, 9.17) is 24.7 Å². The Balaban J connectivity index is 0.000000738. The summed E-state index contributed by atoms with van der Waals surface area (Å²) < 4.78 is 27.9. The number of ketones is 1. The van der Waals surface area contributed by atoms with E-state index in [-0.39, 0.29) is 42.8 Å². The van der Waals surface area contributed by atoms with E-state index in [1.165, 1.54) is 25.7 Å². The quantitative estimate of drug-likeness (QED) is 0.0429. The molecule has 0 spiro atoms. The van der Waals surface area contributed by atoms with Crippen molar-refractivity contribution < 1.29 is 28.0 Å². The zero-order valence-corrected chi connectivity index (χ0v) is 23.9. The molecule has 2 unspecified atom stereocenters. The first-order chi connectivity index (χ1) is 20.6. The van der Waals surface area contributed by atoms with Crippen LogP contribution in [0.4, 0.5) is 0 Å². The standard InChI is InChI=1S/C18H22O3.C13H25N3O2.CH4/c1-2-3-4-5-9-12-15-16(17(15)19)18(20)21-13-14-10-7-6-8-11-14;1-2-3-4-5-6-7-8-9-10-18-12(17)11-16-13(14)15;/h2,6-8,10-11,15-16H,1,3-5,9,12-13H2;2H,1,3-11H2,(H4,14,15,16);1H4/i;;1D3. The lowest BCUT2D eigenvalue weighted by molar-refractivity contribution is -0.147. The lowest BCUT2D eigenvalue weighted by atomic mass is 10.1. The summed E-state index contributed by atoms with van der Waals surface area (Å²) in [5.74, 6) is -1.50. The van der Waals surface area contributed by atoms with Gasteiger partial charge in [0.05, 0.1) is 6.61 Å². The second-order valence-corrected chi connectivity index (χ2v) is 9.69. The Labute approximate surface area is 245 Å². The van der Waals surface area contributed by atoms with Crippen LogP contribution in [0.2, 0.25) is 0 Å². The van der Waals surface area contributed by atoms with E-state index in [1.807, 2.05) is 42.5 Å². The molecule has 0 aliphatic heterocycles. The van der Waals surface area contributed by atoms with Crippen molar-refractivity contribution in [1.82, 2.24) is 5.32 Å². The molecular formula is C32H51N3O5. The summed E-state index contributed by atoms with van der Waals surface area (Å²) in [4.78, 5) is 34.7. The van der Waals surface area contributed by atoms with E-state index >= 15 is 0 Å². The van der Waals surface area contributed by atoms with E-state index in [1.54, 1.807) is 0 Å². The van der Waals surface area contributed by atoms with Crippen LogP contribution in [0.15, 0.2) is 55.6 Å². The number of unbranched alkanes of at least 4 members (excludes halogenated alkanes) is 9. The Bertz CT molecular complexity index is 945. The summed E-state index contributed by atoms with van der Waals surface area (Å²) in [6.07, 6.45) is 16.8. The minimum Gasteiger partial charge on any atom is -0.464 e. The number of hydrogen-bond donors (Lipinski definition) is 3. The normalized spacial score (nSPS) is 15.9. The molecule has 40 heavy (non-hydrogen) atoms. The van der Waals surface area contributed by atoms with Crippen molar-refractivity contribution in [3.8, 4) is 0 Å². The number of rotatable bonds is 20. The lowest BCUT2D eigenvalue weighted by Crippen LogP contribution is -2.35. The maximum atomic E-state index is 11.9. The Kier molecular flexibility index (Phi) is 18.3. The van der Waals surface area contributed by atoms with E-state index in [9.17, 15) is 14.4 Å². The summed E-state index contributed by atoms with van der Waals surface area (Å²) in [7, 11) is -1.42. The monoisotopic (exact) mass is 560 g/mol. The molecule has 8 heteroatoms. The zero-order valence-electron chi connectivity index (χ0n) is 26.9. The molecule has 1 saturated carbocycles. The number of nitrogens with one attached hydrogen (secondary N) is 2. The third kappa shape index (κ3) is 18.0. The Morgan fingerprint density at radius 3 is 2.15 bits per heavy atom. The molecule has 2 rings (SSSR count). The molecule has 0 saturated heterocycles. The maximum Gasteiger partial charge on any atom is 0.325 e. The molecule has 1 aliphatic rings. The molecule has 1 fully saturated rings. The molecule has 1 aliphatic carbocycles. The summed E-state index contributed by atoms with van der Waals surface area (Å²) in [5, 5.41) is 9.28. The topological polar surface area (TPSA) is 132 Å². The molecule has 224 valence electrons. The minimum absolute atomic E-state index is 0.0309. The van der Waals surface area contributed by atoms with Gasteiger partial charge in [-0.1, -0.05) is 88.4 Å². The van der Waals surface area contributed by atoms with Crippen molar-refractivity contribution in [3.63, 3.8) is 0 Å². The Hall–Kier alpha value is -3.42. The summed E-state index contributed by atoms with van der Waals surface area (Å²) in [5.41, 5.74) is 5.99. The number of guanidine groups is 1. The summed E-state index contributed by atoms with van der Waals surface area (Å²) in [6.45, 7) is 8.03. The van der Waals surface area contributed by atoms with Crippen LogP contribution in [0.25, 0.3) is 0 Å². The van der Waals surface area contributed by atoms with Gasteiger partial charge in [0, 0.05) is 10.0 Å². The van der Waals surface area contributed by atoms with E-state index in [0.29, 0.717) is 6.61 Å². The predicted octanol–water partition coefficient (Wildman–Crippen LogP) is 6.25. The van der Waals surface area contributed by atoms with Crippen LogP contribution in [0.1, 0.15) is 94.1 Å². The summed E-state index contributed by atoms with van der Waals surface area (Å²) in [6, 6.07) is 9.52. The Morgan fingerprint density at radius 1 is 0.975 bits per heavy atom. The highest BCUT2D eigenvalue weighted by molar-refractivity contribution is 6.14. The van der Waals surface area contributed by atoms with Gasteiger partial charge < -0.3 is 20.5 Å². The van der Waals surface area contributed by atoms with Gasteiger partial charge in [-0.3, -0.25) is 19.8 Å². The molecule has 0 amide bonds. The first kappa shape index (κ1) is 31.1. The molecular weight excluding hydrogens is 506 g/mol. The van der Waals surface area contributed by atoms with Crippen molar-refractivity contribution in [2.75, 3.05) is 13.2 Å². The van der Waals surface area contributed by atoms with Crippen LogP contribution in [0, 0.1) is 17.2 Å². The number of benzene rings is 1. The van der Waals surface area contributed by atoms with Crippen LogP contribution in [0.5, 0.6) is 0 Å². The van der Waals surface area contributed by atoms with E-state index in [2.05, 4.69) is 18.5 Å². The van der Waals surface area contributed by atoms with Gasteiger partial charge in [-0.05, 0) is 44.1 Å². The van der Waals surface area contributed by atoms with Crippen LogP contribution < -0.4 is 11.1 Å². The smallest absolute Gasteiger partial charge is 0.325 e. The average molecular weight is 561 g/mol. The van der Waals surface area contributed by atoms with E-state index in [0.717, 1.165) is 56.9 Å². The van der Waals surface area contributed by atoms with Crippen molar-refractivity contribution in [2.45, 2.75) is 91.0 Å². The third-order valence-corrected chi connectivity index (χ3v) is 6.36. The van der Waals surface area contributed by atoms with Gasteiger partial charge >= 0.3 is 11.9 Å². The van der Waals surface area contributed by atoms with Crippen LogP contribution in [-0.2, 0) is 30.5 Å². The fraction of sp³-hybridized carbons (Fsp3) is 0.562. The van der Waals surface area contributed by atoms with Gasteiger partial charge in [-0.25, -0.2) is 0 Å². The van der Waals surface area contributed by atoms with Gasteiger partial charge in [0.2, 0.25) is 0 Å². The van der Waals surface area contributed by atoms with Gasteiger partial charge in [-0.2, -0.15) is 0 Å². The van der Waals surface area contributed by atoms with Crippen molar-refractivity contribution in [2.24, 2.45) is 17.6 Å². The molecule has 2 atom stereocenters. The SMILES string of the molecule is C=CCCCCCC1C(=O)C1C(=O)OCc1ccccc1.C=CCCCCCCCCOC(=O)CNC(=N)N.[2H]C([2H])[2H]. The number of esters is 2. The molecule has 8 nitrogen and oxygen atoms in total. The summed E-state index contributed by atoms with van der Waals surface area (Å²) >= 11 is 0. The number of hydrogen-bond acceptors (Lipinski definition) is 6. The second kappa shape index (κ2) is 23.5. The first-order valence-corrected chi connectivity index (χ1v) is 14.1. The molecule has 0 radical (unpaired) electrons. The highest BCUT2D eigenvalue weighted by Gasteiger charge is 2.54. The molecule has 1 aromatic carbocycles. The molecule has 4 N–H and O–H groups in total. The third-order valence-electron chi connectivity index (χ3n) is 6.36. The van der Waals surface area contributed by atoms with Gasteiger partial charge in [0.15, 0.2) is 11.7 Å². The van der Waals surface area contributed by atoms with Crippen molar-refractivity contribution in [3.05, 3.63) is 61.2 Å². The van der Waals surface area contributed by atoms with Crippen molar-refractivity contribution >= 4 is 23.7 Å². The predicted molar refractivity (Wildman–Crippen MR) is 162 cm³/mol. The number of carbonyl (C=O) groups excluding carboxylic acids is 3. The fourth-order valence-corrected chi connectivity index (χ4v) is 4.03. The average Bonchev–Trinajstić information content (AvgIpc) is 3.63. The highest BCUT2D eigenvalue weighted by Crippen LogP contribution is 2.39. The minimum atomic E-state index is -1.42. The van der Waals surface area contributed by atoms with E-state index < -0.39 is 13.3 Å². The first-order valence-electron chi connectivity index (χ1n) is 15.8. The number of ether oxygens (including phenoxy) is 2. The number of carbonyl (C=O) groups is 3. The number of Topliss-reactive ketones (excluding diaryl/α,β-unsaturated/α-hetero) is 1. The van der Waals surface area contributed by atoms with Crippen molar-refractivity contribution in [1.29, 1.82) is 5.41 Å². The van der Waals surface area contributed by atoms with Gasteiger partial charge in [-0.15, -0.1) is 13.2 Å². The highest BCUT2D eigenvalue weighted by atomic mass is 16.5. The number of allylic oxidation sites excluding steroid dienone is 2. The van der Waals surface area contributed by atoms with Crippen LogP contribution in [0.3, 0.4) is 0 Å². The van der Waals surface area contributed by atoms with Gasteiger partial charge in [0.1, 0.15) is 19.1 Å². The van der Waals surface area contributed by atoms with Crippen LogP contribution in [-0.4, -0.2) is 36.8 Å². The molecule has 0 aromatic heterocycles. The second-order valence-electron chi connectivity index (χ2n) is 9.69. The van der Waals surface area contributed by atoms with Crippen LogP contribution >= 0.6 is 0 Å². The molecule has 0 heterocycles. The maximum absolute atomic E-state index is 11.9. The fourth-order valence-electron chi connectivity index (χ4n) is 4.03. The molecule has 1 aromatic rings. The lowest BCUT2D eigenvalue weighted by Gasteiger charge is -2.05.